The van der Waals surface area contributed by atoms with E-state index in [-0.39, 0.29) is 29.9 Å². The van der Waals surface area contributed by atoms with Gasteiger partial charge >= 0.3 is 0 Å². The zero-order chi connectivity index (χ0) is 30.7. The van der Waals surface area contributed by atoms with Crippen LogP contribution < -0.4 is 30.4 Å². The lowest BCUT2D eigenvalue weighted by Gasteiger charge is -2.14. The van der Waals surface area contributed by atoms with Gasteiger partial charge < -0.3 is 24.8 Å². The van der Waals surface area contributed by atoms with E-state index in [0.717, 1.165) is 29.7 Å². The Labute approximate surface area is 260 Å². The average molecular weight is 617 g/mol. The fourth-order valence-corrected chi connectivity index (χ4v) is 5.69. The summed E-state index contributed by atoms with van der Waals surface area (Å²) in [6, 6.07) is 20.9. The Morgan fingerprint density at radius 1 is 0.932 bits per heavy atom. The monoisotopic (exact) mass is 616 g/mol. The van der Waals surface area contributed by atoms with Crippen LogP contribution in [0.25, 0.3) is 10.9 Å². The molecule has 2 N–H and O–H groups in total. The summed E-state index contributed by atoms with van der Waals surface area (Å²) in [6.45, 7) is 1.50. The number of unbranched alkanes of at least 4 members (excludes halogenated alkanes) is 2. The average Bonchev–Trinajstić information content (AvgIpc) is 3.51. The van der Waals surface area contributed by atoms with Crippen molar-refractivity contribution >= 4 is 34.5 Å². The minimum absolute atomic E-state index is 0.0176. The van der Waals surface area contributed by atoms with Crippen molar-refractivity contribution in [1.82, 2.24) is 20.2 Å². The topological polar surface area (TPSA) is 121 Å². The second-order valence-corrected chi connectivity index (χ2v) is 11.3. The largest absolute Gasteiger partial charge is 0.497 e. The molecule has 4 aromatic rings. The van der Waals surface area contributed by atoms with E-state index in [0.29, 0.717) is 66.5 Å². The van der Waals surface area contributed by atoms with Crippen molar-refractivity contribution in [3.63, 3.8) is 0 Å². The Hall–Kier alpha value is -4.51. The van der Waals surface area contributed by atoms with Gasteiger partial charge in [-0.3, -0.25) is 19.0 Å². The molecule has 0 saturated carbocycles. The van der Waals surface area contributed by atoms with Crippen LogP contribution in [-0.2, 0) is 29.1 Å². The molecule has 0 spiro atoms. The molecule has 10 nitrogen and oxygen atoms in total. The fourth-order valence-electron chi connectivity index (χ4n) is 4.83. The molecule has 44 heavy (non-hydrogen) atoms. The van der Waals surface area contributed by atoms with Crippen LogP contribution in [-0.4, -0.2) is 47.6 Å². The molecule has 230 valence electrons. The van der Waals surface area contributed by atoms with Crippen LogP contribution in [0, 0.1) is 0 Å². The van der Waals surface area contributed by atoms with Gasteiger partial charge in [-0.15, -0.1) is 0 Å². The molecule has 1 aliphatic heterocycles. The zero-order valence-corrected chi connectivity index (χ0v) is 25.5. The number of fused-ring (bicyclic) bond motifs is 2. The van der Waals surface area contributed by atoms with Crippen LogP contribution in [0.1, 0.15) is 36.8 Å². The number of hydrogen-bond acceptors (Lipinski definition) is 8. The highest BCUT2D eigenvalue weighted by atomic mass is 32.2. The summed E-state index contributed by atoms with van der Waals surface area (Å²) in [5.74, 6) is 1.82. The van der Waals surface area contributed by atoms with E-state index in [9.17, 15) is 14.4 Å². The summed E-state index contributed by atoms with van der Waals surface area (Å²) in [5, 5.41) is 6.80. The molecule has 2 heterocycles. The van der Waals surface area contributed by atoms with Crippen LogP contribution >= 0.6 is 11.8 Å². The van der Waals surface area contributed by atoms with E-state index in [1.165, 1.54) is 11.8 Å². The van der Waals surface area contributed by atoms with E-state index in [1.54, 1.807) is 23.8 Å². The van der Waals surface area contributed by atoms with Gasteiger partial charge in [0.1, 0.15) is 5.75 Å². The molecule has 1 aliphatic rings. The summed E-state index contributed by atoms with van der Waals surface area (Å²) in [6.07, 6.45) is 3.26. The highest BCUT2D eigenvalue weighted by Gasteiger charge is 2.19. The number of aromatic nitrogens is 2. The first-order valence-electron chi connectivity index (χ1n) is 14.7. The Balaban J connectivity index is 1.16. The van der Waals surface area contributed by atoms with E-state index < -0.39 is 0 Å². The molecule has 0 radical (unpaired) electrons. The molecule has 1 aromatic heterocycles. The fraction of sp³-hybridized carbons (Fsp3) is 0.333. The van der Waals surface area contributed by atoms with Gasteiger partial charge in [-0.05, 0) is 48.6 Å². The van der Waals surface area contributed by atoms with Crippen molar-refractivity contribution in [2.24, 2.45) is 0 Å². The maximum Gasteiger partial charge on any atom is 0.262 e. The number of rotatable bonds is 15. The van der Waals surface area contributed by atoms with Crippen LogP contribution in [0.4, 0.5) is 0 Å². The van der Waals surface area contributed by atoms with Crippen molar-refractivity contribution in [3.8, 4) is 17.2 Å². The van der Waals surface area contributed by atoms with Gasteiger partial charge in [0.2, 0.25) is 18.6 Å². The second-order valence-electron chi connectivity index (χ2n) is 10.4. The van der Waals surface area contributed by atoms with Crippen molar-refractivity contribution in [2.45, 2.75) is 50.4 Å². The summed E-state index contributed by atoms with van der Waals surface area (Å²) in [7, 11) is 1.62. The SMILES string of the molecule is COc1ccc(CNC(=O)CCCCCn2c(SCC(=O)NCCc3ccccc3)nc3cc4c(cc3c2=O)OCO4)cc1. The summed E-state index contributed by atoms with van der Waals surface area (Å²) in [5.41, 5.74) is 2.45. The third-order valence-corrected chi connectivity index (χ3v) is 8.24. The molecule has 0 saturated heterocycles. The van der Waals surface area contributed by atoms with Crippen LogP contribution in [0.15, 0.2) is 76.7 Å². The summed E-state index contributed by atoms with van der Waals surface area (Å²) in [4.78, 5) is 43.3. The maximum absolute atomic E-state index is 13.6. The minimum atomic E-state index is -0.197. The van der Waals surface area contributed by atoms with Crippen LogP contribution in [0.3, 0.4) is 0 Å². The molecule has 0 aliphatic carbocycles. The van der Waals surface area contributed by atoms with Gasteiger partial charge in [-0.1, -0.05) is 60.6 Å². The number of carbonyl (C=O) groups excluding carboxylic acids is 2. The maximum atomic E-state index is 13.6. The number of benzene rings is 3. The van der Waals surface area contributed by atoms with E-state index >= 15 is 0 Å². The standard InChI is InChI=1S/C33H36N4O6S/c1-41-25-13-11-24(12-14-25)20-35-30(38)10-6-3-7-17-37-32(40)26-18-28-29(43-22-42-28)19-27(26)36-33(37)44-21-31(39)34-16-15-23-8-4-2-5-9-23/h2,4-5,8-9,11-14,18-19H,3,6-7,10,15-17,20-22H2,1H3,(H,34,39)(H,35,38). The lowest BCUT2D eigenvalue weighted by molar-refractivity contribution is -0.121. The second kappa shape index (κ2) is 15.3. The number of ether oxygens (including phenoxy) is 3. The Kier molecular flexibility index (Phi) is 10.7. The van der Waals surface area contributed by atoms with Gasteiger partial charge in [0.25, 0.3) is 5.56 Å². The Morgan fingerprint density at radius 3 is 2.48 bits per heavy atom. The predicted molar refractivity (Wildman–Crippen MR) is 169 cm³/mol. The van der Waals surface area contributed by atoms with E-state index in [1.807, 2.05) is 54.6 Å². The molecule has 0 fully saturated rings. The van der Waals surface area contributed by atoms with Gasteiger partial charge in [0.15, 0.2) is 16.7 Å². The molecule has 2 amide bonds. The minimum Gasteiger partial charge on any atom is -0.497 e. The molecule has 0 bridgehead atoms. The highest BCUT2D eigenvalue weighted by Crippen LogP contribution is 2.35. The number of amides is 2. The summed E-state index contributed by atoms with van der Waals surface area (Å²) >= 11 is 1.23. The molecule has 3 aromatic carbocycles. The van der Waals surface area contributed by atoms with Crippen molar-refractivity contribution < 1.29 is 23.8 Å². The molecular formula is C33H36N4O6S. The third kappa shape index (κ3) is 8.31. The van der Waals surface area contributed by atoms with Gasteiger partial charge in [0, 0.05) is 32.1 Å². The lowest BCUT2D eigenvalue weighted by Crippen LogP contribution is -2.28. The molecular weight excluding hydrogens is 580 g/mol. The first kappa shape index (κ1) is 30.9. The van der Waals surface area contributed by atoms with Gasteiger partial charge in [-0.2, -0.15) is 0 Å². The Bertz CT molecular complexity index is 1640. The van der Waals surface area contributed by atoms with E-state index in [4.69, 9.17) is 19.2 Å². The quantitative estimate of drug-likeness (QED) is 0.114. The van der Waals surface area contributed by atoms with Crippen molar-refractivity contribution in [3.05, 3.63) is 88.2 Å². The van der Waals surface area contributed by atoms with Gasteiger partial charge in [0.05, 0.1) is 23.8 Å². The Morgan fingerprint density at radius 2 is 1.70 bits per heavy atom. The number of carbonyl (C=O) groups is 2. The lowest BCUT2D eigenvalue weighted by atomic mass is 10.1. The number of thioether (sulfide) groups is 1. The van der Waals surface area contributed by atoms with E-state index in [2.05, 4.69) is 10.6 Å². The summed E-state index contributed by atoms with van der Waals surface area (Å²) < 4.78 is 17.7. The molecule has 0 atom stereocenters. The number of methoxy groups -OCH3 is 1. The van der Waals surface area contributed by atoms with Crippen LogP contribution in [0.2, 0.25) is 0 Å². The first-order chi connectivity index (χ1) is 21.5. The van der Waals surface area contributed by atoms with Crippen molar-refractivity contribution in [1.29, 1.82) is 0 Å². The normalized spacial score (nSPS) is 11.8. The molecule has 0 unspecified atom stereocenters. The first-order valence-corrected chi connectivity index (χ1v) is 15.7. The number of nitrogens with one attached hydrogen (secondary N) is 2. The number of nitrogens with zero attached hydrogens (tertiary/aromatic N) is 2. The number of hydrogen-bond donors (Lipinski definition) is 2. The molecule has 5 rings (SSSR count). The predicted octanol–water partition coefficient (Wildman–Crippen LogP) is 4.46. The van der Waals surface area contributed by atoms with Crippen LogP contribution in [0.5, 0.6) is 17.2 Å². The molecule has 11 heteroatoms. The van der Waals surface area contributed by atoms with Crippen molar-refractivity contribution in [2.75, 3.05) is 26.2 Å². The highest BCUT2D eigenvalue weighted by molar-refractivity contribution is 7.99. The van der Waals surface area contributed by atoms with Gasteiger partial charge in [-0.25, -0.2) is 4.98 Å². The zero-order valence-electron chi connectivity index (χ0n) is 24.7. The third-order valence-electron chi connectivity index (χ3n) is 7.26. The smallest absolute Gasteiger partial charge is 0.262 e.